The lowest BCUT2D eigenvalue weighted by atomic mass is 10.0. The van der Waals surface area contributed by atoms with E-state index in [2.05, 4.69) is 15.3 Å². The summed E-state index contributed by atoms with van der Waals surface area (Å²) in [5, 5.41) is 3.67. The maximum Gasteiger partial charge on any atom is 0.285 e. The first kappa shape index (κ1) is 28.0. The van der Waals surface area contributed by atoms with Gasteiger partial charge in [-0.05, 0) is 49.7 Å². The van der Waals surface area contributed by atoms with Crippen LogP contribution in [-0.2, 0) is 17.1 Å². The van der Waals surface area contributed by atoms with Gasteiger partial charge in [0.1, 0.15) is 16.8 Å². The van der Waals surface area contributed by atoms with Gasteiger partial charge in [0.15, 0.2) is 5.69 Å². The molecule has 1 atom stereocenters. The summed E-state index contributed by atoms with van der Waals surface area (Å²) in [5.74, 6) is 0.293. The van der Waals surface area contributed by atoms with E-state index in [0.717, 1.165) is 17.6 Å². The van der Waals surface area contributed by atoms with Crippen LogP contribution in [0.15, 0.2) is 47.4 Å². The number of fused-ring (bicyclic) bond motifs is 1. The topological polar surface area (TPSA) is 139 Å². The van der Waals surface area contributed by atoms with Crippen LogP contribution in [0.5, 0.6) is 0 Å². The molecule has 0 saturated carbocycles. The third-order valence-electron chi connectivity index (χ3n) is 6.01. The molecule has 11 nitrogen and oxygen atoms in total. The summed E-state index contributed by atoms with van der Waals surface area (Å²) >= 11 is 6.00. The van der Waals surface area contributed by atoms with E-state index in [-0.39, 0.29) is 22.1 Å². The second-order valence-electron chi connectivity index (χ2n) is 9.45. The second-order valence-corrected chi connectivity index (χ2v) is 11.6. The standard InChI is InChI=1S/C26H28ClN7O4S/c1-14-11-17(15(2)29-19-8-9-20(27)30-23(19)25(35)32-39(6,37)38)22-18(12-14)26(36)34(5)24(31-22)16-7-10-21(28-13-16)33(3)4/h7-13,15,29H,1-6H3,(H,32,35)/t15-/m1/s1. The number of hydrogen-bond acceptors (Lipinski definition) is 9. The lowest BCUT2D eigenvalue weighted by Gasteiger charge is -2.20. The zero-order valence-electron chi connectivity index (χ0n) is 22.3. The molecule has 39 heavy (non-hydrogen) atoms. The molecule has 4 rings (SSSR count). The van der Waals surface area contributed by atoms with Gasteiger partial charge in [0, 0.05) is 38.5 Å². The van der Waals surface area contributed by atoms with Crippen LogP contribution in [0, 0.1) is 6.92 Å². The predicted molar refractivity (Wildman–Crippen MR) is 153 cm³/mol. The summed E-state index contributed by atoms with van der Waals surface area (Å²) in [4.78, 5) is 41.3. The van der Waals surface area contributed by atoms with Crippen molar-refractivity contribution >= 4 is 49.9 Å². The Hall–Kier alpha value is -4.03. The number of halogens is 1. The molecule has 0 bridgehead atoms. The van der Waals surface area contributed by atoms with E-state index in [9.17, 15) is 18.0 Å². The van der Waals surface area contributed by atoms with Gasteiger partial charge in [0.05, 0.1) is 28.9 Å². The van der Waals surface area contributed by atoms with E-state index in [0.29, 0.717) is 27.9 Å². The highest BCUT2D eigenvalue weighted by Gasteiger charge is 2.22. The minimum Gasteiger partial charge on any atom is -0.377 e. The number of sulfonamides is 1. The lowest BCUT2D eigenvalue weighted by molar-refractivity contribution is 0.0977. The van der Waals surface area contributed by atoms with Crippen LogP contribution >= 0.6 is 11.6 Å². The monoisotopic (exact) mass is 569 g/mol. The molecule has 3 aromatic heterocycles. The second kappa shape index (κ2) is 10.6. The first-order chi connectivity index (χ1) is 18.2. The molecule has 1 aromatic carbocycles. The van der Waals surface area contributed by atoms with Gasteiger partial charge in [-0.25, -0.2) is 28.1 Å². The number of pyridine rings is 2. The zero-order chi connectivity index (χ0) is 28.6. The third-order valence-corrected chi connectivity index (χ3v) is 6.78. The summed E-state index contributed by atoms with van der Waals surface area (Å²) in [7, 11) is 1.62. The Morgan fingerprint density at radius 3 is 2.46 bits per heavy atom. The van der Waals surface area contributed by atoms with Crippen molar-refractivity contribution < 1.29 is 13.2 Å². The van der Waals surface area contributed by atoms with Gasteiger partial charge in [-0.2, -0.15) is 0 Å². The van der Waals surface area contributed by atoms with Crippen molar-refractivity contribution in [3.05, 3.63) is 74.9 Å². The fraction of sp³-hybridized carbons (Fsp3) is 0.269. The van der Waals surface area contributed by atoms with Gasteiger partial charge in [0.25, 0.3) is 11.5 Å². The Labute approximate surface area is 230 Å². The summed E-state index contributed by atoms with van der Waals surface area (Å²) in [6, 6.07) is 9.95. The molecule has 3 heterocycles. The van der Waals surface area contributed by atoms with Crippen LogP contribution in [0.1, 0.15) is 34.6 Å². The zero-order valence-corrected chi connectivity index (χ0v) is 23.8. The van der Waals surface area contributed by atoms with Gasteiger partial charge < -0.3 is 10.2 Å². The quantitative estimate of drug-likeness (QED) is 0.321. The first-order valence-corrected chi connectivity index (χ1v) is 14.1. The number of aromatic nitrogens is 4. The van der Waals surface area contributed by atoms with Crippen LogP contribution in [0.4, 0.5) is 11.5 Å². The molecule has 204 valence electrons. The molecule has 2 N–H and O–H groups in total. The van der Waals surface area contributed by atoms with Crippen molar-refractivity contribution in [2.45, 2.75) is 19.9 Å². The third kappa shape index (κ3) is 6.02. The largest absolute Gasteiger partial charge is 0.377 e. The highest BCUT2D eigenvalue weighted by molar-refractivity contribution is 7.89. The van der Waals surface area contributed by atoms with E-state index >= 15 is 0 Å². The van der Waals surface area contributed by atoms with Crippen LogP contribution in [0.3, 0.4) is 0 Å². The number of benzene rings is 1. The molecule has 0 aliphatic carbocycles. The average Bonchev–Trinajstić information content (AvgIpc) is 2.86. The van der Waals surface area contributed by atoms with E-state index in [4.69, 9.17) is 16.6 Å². The minimum absolute atomic E-state index is 0.0246. The van der Waals surface area contributed by atoms with Gasteiger partial charge >= 0.3 is 0 Å². The number of aryl methyl sites for hydroxylation is 1. The molecule has 0 unspecified atom stereocenters. The SMILES string of the molecule is Cc1cc([C@@H](C)Nc2ccc(Cl)nc2C(=O)NS(C)(=O)=O)c2nc(-c3ccc(N(C)C)nc3)n(C)c(=O)c2c1. The Kier molecular flexibility index (Phi) is 7.62. The molecule has 1 amide bonds. The van der Waals surface area contributed by atoms with E-state index in [1.807, 2.05) is 55.8 Å². The minimum atomic E-state index is -3.83. The first-order valence-electron chi connectivity index (χ1n) is 11.9. The lowest BCUT2D eigenvalue weighted by Crippen LogP contribution is -2.31. The Balaban J connectivity index is 1.82. The molecule has 0 aliphatic heterocycles. The number of nitrogens with zero attached hydrogens (tertiary/aromatic N) is 5. The highest BCUT2D eigenvalue weighted by atomic mass is 35.5. The van der Waals surface area contributed by atoms with Crippen molar-refractivity contribution in [1.29, 1.82) is 0 Å². The summed E-state index contributed by atoms with van der Waals surface area (Å²) < 4.78 is 26.7. The number of anilines is 2. The molecule has 0 saturated heterocycles. The normalized spacial score (nSPS) is 12.3. The maximum absolute atomic E-state index is 13.4. The van der Waals surface area contributed by atoms with Crippen molar-refractivity contribution in [2.24, 2.45) is 7.05 Å². The van der Waals surface area contributed by atoms with Gasteiger partial charge in [-0.1, -0.05) is 17.7 Å². The predicted octanol–water partition coefficient (Wildman–Crippen LogP) is 3.28. The van der Waals surface area contributed by atoms with Crippen LogP contribution in [-0.4, -0.2) is 54.2 Å². The van der Waals surface area contributed by atoms with Crippen molar-refractivity contribution in [3.63, 3.8) is 0 Å². The van der Waals surface area contributed by atoms with Crippen LogP contribution < -0.4 is 20.5 Å². The van der Waals surface area contributed by atoms with E-state index in [1.54, 1.807) is 19.3 Å². The fourth-order valence-corrected chi connectivity index (χ4v) is 4.76. The molecule has 0 fully saturated rings. The average molecular weight is 570 g/mol. The van der Waals surface area contributed by atoms with E-state index in [1.165, 1.54) is 16.7 Å². The number of amides is 1. The Morgan fingerprint density at radius 2 is 1.85 bits per heavy atom. The van der Waals surface area contributed by atoms with E-state index < -0.39 is 22.0 Å². The number of rotatable bonds is 7. The van der Waals surface area contributed by atoms with Crippen molar-refractivity contribution in [3.8, 4) is 11.4 Å². The number of carbonyl (C=O) groups excluding carboxylic acids is 1. The Bertz CT molecular complexity index is 1750. The van der Waals surface area contributed by atoms with Gasteiger partial charge in [0.2, 0.25) is 10.0 Å². The molecule has 13 heteroatoms. The van der Waals surface area contributed by atoms with Gasteiger partial charge in [-0.15, -0.1) is 0 Å². The smallest absolute Gasteiger partial charge is 0.285 e. The molecular weight excluding hydrogens is 542 g/mol. The summed E-state index contributed by atoms with van der Waals surface area (Å²) in [6.07, 6.45) is 2.54. The summed E-state index contributed by atoms with van der Waals surface area (Å²) in [6.45, 7) is 3.72. The maximum atomic E-state index is 13.4. The molecule has 4 aromatic rings. The molecule has 0 aliphatic rings. The molecular formula is C26H28ClN7O4S. The fourth-order valence-electron chi connectivity index (χ4n) is 4.18. The van der Waals surface area contributed by atoms with Gasteiger partial charge in [-0.3, -0.25) is 14.2 Å². The van der Waals surface area contributed by atoms with Crippen LogP contribution in [0.25, 0.3) is 22.3 Å². The van der Waals surface area contributed by atoms with Crippen molar-refractivity contribution in [2.75, 3.05) is 30.6 Å². The number of nitrogens with one attached hydrogen (secondary N) is 2. The van der Waals surface area contributed by atoms with Crippen molar-refractivity contribution in [1.82, 2.24) is 24.2 Å². The Morgan fingerprint density at radius 1 is 1.13 bits per heavy atom. The van der Waals surface area contributed by atoms with Crippen LogP contribution in [0.2, 0.25) is 5.15 Å². The highest BCUT2D eigenvalue weighted by Crippen LogP contribution is 2.29. The molecule has 0 radical (unpaired) electrons. The number of carbonyl (C=O) groups is 1. The molecule has 0 spiro atoms. The number of hydrogen-bond donors (Lipinski definition) is 2. The summed E-state index contributed by atoms with van der Waals surface area (Å²) in [5.41, 5.74) is 2.56.